The van der Waals surface area contributed by atoms with Crippen molar-refractivity contribution in [1.82, 2.24) is 0 Å². The Morgan fingerprint density at radius 2 is 2.22 bits per heavy atom. The maximum atomic E-state index is 9.39. The summed E-state index contributed by atoms with van der Waals surface area (Å²) in [5.41, 5.74) is 0. The summed E-state index contributed by atoms with van der Waals surface area (Å²) in [5, 5.41) is 15.0. The molecule has 5 heteroatoms. The molecular weight excluding hydrogens is 160 g/mol. The zero-order chi connectivity index (χ0) is 6.95. The van der Waals surface area contributed by atoms with Crippen LogP contribution in [-0.2, 0) is 0 Å². The zero-order valence-corrected chi connectivity index (χ0v) is 6.49. The molecule has 0 aromatic carbocycles. The highest BCUT2D eigenvalue weighted by molar-refractivity contribution is 7.99. The third-order valence-corrected chi connectivity index (χ3v) is 1.99. The Morgan fingerprint density at radius 1 is 1.44 bits per heavy atom. The molecule has 0 heterocycles. The average molecular weight is 168 g/mol. The van der Waals surface area contributed by atoms with Gasteiger partial charge < -0.3 is 5.21 Å². The summed E-state index contributed by atoms with van der Waals surface area (Å²) in [6, 6.07) is 0. The fourth-order valence-corrected chi connectivity index (χ4v) is 1.15. The van der Waals surface area contributed by atoms with E-state index in [4.69, 9.17) is 11.6 Å². The maximum absolute atomic E-state index is 9.39. The van der Waals surface area contributed by atoms with Crippen LogP contribution in [0.3, 0.4) is 0 Å². The number of hydrogen-bond acceptors (Lipinski definition) is 4. The van der Waals surface area contributed by atoms with E-state index in [1.165, 1.54) is 0 Å². The second kappa shape index (κ2) is 8.04. The monoisotopic (exact) mass is 167 g/mol. The number of thioether (sulfide) groups is 1. The van der Waals surface area contributed by atoms with E-state index in [2.05, 4.69) is 10.4 Å². The van der Waals surface area contributed by atoms with Gasteiger partial charge in [0.25, 0.3) is 0 Å². The van der Waals surface area contributed by atoms with Gasteiger partial charge in [-0.15, -0.1) is 11.6 Å². The highest BCUT2D eigenvalue weighted by atomic mass is 35.5. The van der Waals surface area contributed by atoms with E-state index in [1.54, 1.807) is 11.8 Å². The van der Waals surface area contributed by atoms with Gasteiger partial charge in [-0.1, -0.05) is 0 Å². The molecule has 0 aliphatic heterocycles. The molecule has 54 valence electrons. The first-order chi connectivity index (χ1) is 4.41. The van der Waals surface area contributed by atoms with Crippen molar-refractivity contribution in [2.75, 3.05) is 23.9 Å². The average Bonchev–Trinajstić information content (AvgIpc) is 1.89. The van der Waals surface area contributed by atoms with Crippen molar-refractivity contribution >= 4 is 23.4 Å². The molecule has 0 aromatic heterocycles. The van der Waals surface area contributed by atoms with Gasteiger partial charge >= 0.3 is 0 Å². The molecule has 0 aliphatic carbocycles. The standard InChI is InChI=1S/C4H9ClN2OS/c5-1-3-9-4-2-6-7-8/h1-4H2,(H,6,8)/p-1. The van der Waals surface area contributed by atoms with Crippen molar-refractivity contribution in [2.24, 2.45) is 10.4 Å². The van der Waals surface area contributed by atoms with Crippen LogP contribution in [0.15, 0.2) is 10.4 Å². The minimum atomic E-state index is 0.505. The summed E-state index contributed by atoms with van der Waals surface area (Å²) in [7, 11) is 0. The number of rotatable bonds is 5. The molecule has 0 aromatic rings. The summed E-state index contributed by atoms with van der Waals surface area (Å²) in [4.78, 5) is 0. The minimum Gasteiger partial charge on any atom is -0.775 e. The van der Waals surface area contributed by atoms with Crippen LogP contribution in [0.1, 0.15) is 0 Å². The number of hydrogen-bond donors (Lipinski definition) is 0. The van der Waals surface area contributed by atoms with Gasteiger partial charge in [0.05, 0.1) is 6.54 Å². The number of alkyl halides is 1. The molecule has 0 fully saturated rings. The Labute approximate surface area is 63.5 Å². The van der Waals surface area contributed by atoms with Gasteiger partial charge in [0.1, 0.15) is 0 Å². The second-order valence-electron chi connectivity index (χ2n) is 1.25. The van der Waals surface area contributed by atoms with Gasteiger partial charge in [-0.25, -0.2) is 5.28 Å². The van der Waals surface area contributed by atoms with Gasteiger partial charge in [0.15, 0.2) is 0 Å². The van der Waals surface area contributed by atoms with Crippen LogP contribution < -0.4 is 0 Å². The Hall–Kier alpha value is 0.0400. The van der Waals surface area contributed by atoms with Gasteiger partial charge in [-0.2, -0.15) is 16.9 Å². The van der Waals surface area contributed by atoms with E-state index in [0.29, 0.717) is 12.4 Å². The molecule has 0 atom stereocenters. The second-order valence-corrected chi connectivity index (χ2v) is 2.85. The molecule has 0 aliphatic rings. The van der Waals surface area contributed by atoms with E-state index in [1.807, 2.05) is 0 Å². The molecule has 0 rings (SSSR count). The fraction of sp³-hybridized carbons (Fsp3) is 1.00. The largest absolute Gasteiger partial charge is 0.775 e. The number of halogens is 1. The van der Waals surface area contributed by atoms with Crippen LogP contribution in [-0.4, -0.2) is 23.9 Å². The van der Waals surface area contributed by atoms with E-state index in [0.717, 1.165) is 11.5 Å². The van der Waals surface area contributed by atoms with Crippen LogP contribution in [0.25, 0.3) is 0 Å². The topological polar surface area (TPSA) is 47.8 Å². The van der Waals surface area contributed by atoms with Crippen LogP contribution in [0.4, 0.5) is 0 Å². The predicted molar refractivity (Wildman–Crippen MR) is 41.1 cm³/mol. The minimum absolute atomic E-state index is 0.505. The van der Waals surface area contributed by atoms with E-state index in [9.17, 15) is 5.21 Å². The summed E-state index contributed by atoms with van der Waals surface area (Å²) >= 11 is 7.05. The van der Waals surface area contributed by atoms with Crippen LogP contribution in [0.5, 0.6) is 0 Å². The van der Waals surface area contributed by atoms with Crippen molar-refractivity contribution in [1.29, 1.82) is 0 Å². The quantitative estimate of drug-likeness (QED) is 0.272. The SMILES string of the molecule is [O-]N=NCCSCCCl. The third kappa shape index (κ3) is 8.04. The molecular formula is C4H8ClN2OS-. The van der Waals surface area contributed by atoms with Crippen LogP contribution >= 0.6 is 23.4 Å². The molecule has 0 bridgehead atoms. The van der Waals surface area contributed by atoms with Gasteiger partial charge in [-0.3, -0.25) is 0 Å². The molecule has 0 unspecified atom stereocenters. The molecule has 0 amide bonds. The smallest absolute Gasteiger partial charge is 0.0686 e. The molecule has 0 spiro atoms. The van der Waals surface area contributed by atoms with E-state index < -0.39 is 0 Å². The van der Waals surface area contributed by atoms with Crippen molar-refractivity contribution in [3.05, 3.63) is 5.21 Å². The summed E-state index contributed by atoms with van der Waals surface area (Å²) in [6.45, 7) is 0.505. The summed E-state index contributed by atoms with van der Waals surface area (Å²) in [5.74, 6) is 2.40. The molecule has 0 N–H and O–H groups in total. The van der Waals surface area contributed by atoms with Gasteiger partial charge in [0.2, 0.25) is 0 Å². The Morgan fingerprint density at radius 3 is 2.78 bits per heavy atom. The lowest BCUT2D eigenvalue weighted by atomic mass is 10.8. The van der Waals surface area contributed by atoms with E-state index in [-0.39, 0.29) is 0 Å². The first-order valence-corrected chi connectivity index (χ1v) is 4.23. The normalized spacial score (nSPS) is 10.8. The van der Waals surface area contributed by atoms with Gasteiger partial charge in [-0.05, 0) is 0 Å². The zero-order valence-electron chi connectivity index (χ0n) is 4.92. The van der Waals surface area contributed by atoms with Crippen molar-refractivity contribution in [2.45, 2.75) is 0 Å². The molecule has 0 saturated carbocycles. The summed E-state index contributed by atoms with van der Waals surface area (Å²) in [6.07, 6.45) is 0. The highest BCUT2D eigenvalue weighted by Gasteiger charge is 1.83. The van der Waals surface area contributed by atoms with Crippen molar-refractivity contribution < 1.29 is 0 Å². The lowest BCUT2D eigenvalue weighted by molar-refractivity contribution is 1.01. The first-order valence-electron chi connectivity index (χ1n) is 2.54. The maximum Gasteiger partial charge on any atom is 0.0686 e. The van der Waals surface area contributed by atoms with Crippen LogP contribution in [0.2, 0.25) is 0 Å². The Bertz CT molecular complexity index is 81.0. The molecule has 0 radical (unpaired) electrons. The Kier molecular flexibility index (Phi) is 8.08. The first kappa shape index (κ1) is 9.04. The lowest BCUT2D eigenvalue weighted by Crippen LogP contribution is -1.86. The molecule has 3 nitrogen and oxygen atoms in total. The summed E-state index contributed by atoms with van der Waals surface area (Å²) < 4.78 is 0. The molecule has 0 saturated heterocycles. The highest BCUT2D eigenvalue weighted by Crippen LogP contribution is 1.99. The fourth-order valence-electron chi connectivity index (χ4n) is 0.303. The van der Waals surface area contributed by atoms with Crippen molar-refractivity contribution in [3.63, 3.8) is 0 Å². The third-order valence-electron chi connectivity index (χ3n) is 0.615. The van der Waals surface area contributed by atoms with Crippen molar-refractivity contribution in [3.8, 4) is 0 Å². The van der Waals surface area contributed by atoms with Gasteiger partial charge in [0, 0.05) is 17.4 Å². The molecule has 9 heavy (non-hydrogen) atoms. The van der Waals surface area contributed by atoms with E-state index >= 15 is 0 Å². The number of nitrogens with zero attached hydrogens (tertiary/aromatic N) is 2. The predicted octanol–water partition coefficient (Wildman–Crippen LogP) is 1.91. The lowest BCUT2D eigenvalue weighted by Gasteiger charge is -1.93. The van der Waals surface area contributed by atoms with Crippen LogP contribution in [0, 0.1) is 5.21 Å². The Balaban J connectivity index is 2.75.